The Kier molecular flexibility index (Phi) is 6.79. The van der Waals surface area contributed by atoms with Crippen LogP contribution in [0.4, 0.5) is 0 Å². The molecule has 0 aliphatic rings. The summed E-state index contributed by atoms with van der Waals surface area (Å²) in [5, 5.41) is 14.5. The van der Waals surface area contributed by atoms with Crippen LogP contribution >= 0.6 is 0 Å². The number of aromatic nitrogens is 2. The van der Waals surface area contributed by atoms with Gasteiger partial charge in [-0.05, 0) is 57.1 Å². The smallest absolute Gasteiger partial charge is 0.135 e. The summed E-state index contributed by atoms with van der Waals surface area (Å²) in [6.45, 7) is 4.06. The quantitative estimate of drug-likeness (QED) is 0.169. The van der Waals surface area contributed by atoms with Crippen LogP contribution in [0.2, 0.25) is 0 Å². The molecule has 0 spiro atoms. The molecule has 0 saturated carbocycles. The van der Waals surface area contributed by atoms with Crippen LogP contribution < -0.4 is 0 Å². The molecular weight excluding hydrogens is 500 g/mol. The van der Waals surface area contributed by atoms with Crippen molar-refractivity contribution in [2.45, 2.75) is 25.0 Å². The van der Waals surface area contributed by atoms with Crippen LogP contribution in [0.5, 0.6) is 0 Å². The fraction of sp³-hybridized carbons (Fsp3) is 0.132. The van der Waals surface area contributed by atoms with Gasteiger partial charge < -0.3 is 9.67 Å². The second-order valence-corrected chi connectivity index (χ2v) is 10.8. The zero-order chi connectivity index (χ0) is 28.5. The summed E-state index contributed by atoms with van der Waals surface area (Å²) in [5.74, 6) is 2.56. The van der Waals surface area contributed by atoms with Gasteiger partial charge in [-0.15, -0.1) is 6.42 Å². The molecule has 1 N–H and O–H groups in total. The zero-order valence-electron chi connectivity index (χ0n) is 23.3. The van der Waals surface area contributed by atoms with E-state index in [0.29, 0.717) is 5.69 Å². The Balaban J connectivity index is 1.58. The van der Waals surface area contributed by atoms with Gasteiger partial charge >= 0.3 is 0 Å². The molecule has 0 fully saturated rings. The van der Waals surface area contributed by atoms with Crippen molar-refractivity contribution in [3.8, 4) is 12.3 Å². The lowest BCUT2D eigenvalue weighted by Crippen LogP contribution is -2.37. The molecule has 1 heterocycles. The minimum absolute atomic E-state index is 0.146. The summed E-state index contributed by atoms with van der Waals surface area (Å²) in [6.07, 6.45) is 9.49. The summed E-state index contributed by atoms with van der Waals surface area (Å²) < 4.78 is 2.15. The van der Waals surface area contributed by atoms with Gasteiger partial charge in [0, 0.05) is 11.8 Å². The van der Waals surface area contributed by atoms with E-state index in [1.165, 1.54) is 0 Å². The Morgan fingerprint density at radius 1 is 0.683 bits per heavy atom. The van der Waals surface area contributed by atoms with Gasteiger partial charge in [-0.1, -0.05) is 129 Å². The van der Waals surface area contributed by atoms with Crippen molar-refractivity contribution in [2.75, 3.05) is 0 Å². The molecule has 1 atom stereocenters. The summed E-state index contributed by atoms with van der Waals surface area (Å²) in [5.41, 5.74) is 3.50. The van der Waals surface area contributed by atoms with Crippen molar-refractivity contribution < 1.29 is 5.11 Å². The van der Waals surface area contributed by atoms with E-state index >= 15 is 0 Å². The number of aliphatic hydroxyl groups is 1. The molecule has 1 aromatic heterocycles. The molecule has 6 aromatic rings. The number of rotatable bonds is 7. The third kappa shape index (κ3) is 4.34. The van der Waals surface area contributed by atoms with Gasteiger partial charge in [0.05, 0.1) is 12.0 Å². The molecule has 0 aliphatic carbocycles. The van der Waals surface area contributed by atoms with Gasteiger partial charge in [0.1, 0.15) is 11.1 Å². The molecule has 6 rings (SSSR count). The highest BCUT2D eigenvalue weighted by atomic mass is 16.3. The Bertz CT molecular complexity index is 1740. The maximum absolute atomic E-state index is 12.5. The monoisotopic (exact) mass is 532 g/mol. The number of nitrogens with zero attached hydrogens (tertiary/aromatic N) is 2. The Morgan fingerprint density at radius 2 is 1.20 bits per heavy atom. The average molecular weight is 533 g/mol. The first-order valence-corrected chi connectivity index (χ1v) is 13.9. The fourth-order valence-corrected chi connectivity index (χ4v) is 6.04. The number of fused-ring (bicyclic) bond motifs is 1. The van der Waals surface area contributed by atoms with E-state index in [1.807, 2.05) is 81.0 Å². The first kappa shape index (κ1) is 26.3. The topological polar surface area (TPSA) is 38.0 Å². The molecule has 200 valence electrons. The predicted octanol–water partition coefficient (Wildman–Crippen LogP) is 7.75. The van der Waals surface area contributed by atoms with Crippen molar-refractivity contribution >= 4 is 10.8 Å². The maximum atomic E-state index is 12.5. The Labute approximate surface area is 241 Å². The predicted molar refractivity (Wildman–Crippen MR) is 167 cm³/mol. The van der Waals surface area contributed by atoms with E-state index in [2.05, 4.69) is 83.3 Å². The maximum Gasteiger partial charge on any atom is 0.135 e. The van der Waals surface area contributed by atoms with E-state index in [9.17, 15) is 5.11 Å². The van der Waals surface area contributed by atoms with Gasteiger partial charge in [-0.2, -0.15) is 0 Å². The third-order valence-corrected chi connectivity index (χ3v) is 8.22. The van der Waals surface area contributed by atoms with E-state index in [0.717, 1.165) is 38.6 Å². The highest BCUT2D eigenvalue weighted by molar-refractivity contribution is 5.85. The molecule has 0 radical (unpaired) electrons. The minimum Gasteiger partial charge on any atom is -0.378 e. The molecule has 0 aliphatic heterocycles. The number of hydrogen-bond acceptors (Lipinski definition) is 2. The molecule has 3 nitrogen and oxygen atoms in total. The molecule has 41 heavy (non-hydrogen) atoms. The van der Waals surface area contributed by atoms with Gasteiger partial charge in [0.15, 0.2) is 0 Å². The van der Waals surface area contributed by atoms with Gasteiger partial charge in [0.25, 0.3) is 0 Å². The van der Waals surface area contributed by atoms with Crippen molar-refractivity contribution in [3.63, 3.8) is 0 Å². The molecule has 5 aromatic carbocycles. The lowest BCUT2D eigenvalue weighted by Gasteiger charge is -2.37. The molecule has 0 amide bonds. The SMILES string of the molecule is C#Cc1ccc2cc(C(O)(c3cn(C(c4ccccc4)(c4ccccc4)c4ccccc4)cn3)C(C)C)ccc2c1. The second kappa shape index (κ2) is 10.6. The Morgan fingerprint density at radius 3 is 1.71 bits per heavy atom. The summed E-state index contributed by atoms with van der Waals surface area (Å²) in [4.78, 5) is 4.92. The van der Waals surface area contributed by atoms with Crippen LogP contribution in [0.15, 0.2) is 140 Å². The summed E-state index contributed by atoms with van der Waals surface area (Å²) >= 11 is 0. The molecule has 0 saturated heterocycles. The lowest BCUT2D eigenvalue weighted by molar-refractivity contribution is 0.0279. The van der Waals surface area contributed by atoms with E-state index < -0.39 is 11.1 Å². The van der Waals surface area contributed by atoms with Gasteiger partial charge in [-0.3, -0.25) is 0 Å². The first-order valence-electron chi connectivity index (χ1n) is 13.9. The van der Waals surface area contributed by atoms with Crippen molar-refractivity contribution in [1.82, 2.24) is 9.55 Å². The highest BCUT2D eigenvalue weighted by Gasteiger charge is 2.42. The fourth-order valence-electron chi connectivity index (χ4n) is 6.04. The van der Waals surface area contributed by atoms with Gasteiger partial charge in [-0.25, -0.2) is 4.98 Å². The molecule has 3 heteroatoms. The van der Waals surface area contributed by atoms with Crippen LogP contribution in [0, 0.1) is 18.3 Å². The molecule has 0 bridgehead atoms. The molecule has 1 unspecified atom stereocenters. The average Bonchev–Trinajstić information content (AvgIpc) is 3.53. The van der Waals surface area contributed by atoms with E-state index in [-0.39, 0.29) is 5.92 Å². The van der Waals surface area contributed by atoms with Crippen LogP contribution in [0.25, 0.3) is 10.8 Å². The lowest BCUT2D eigenvalue weighted by atomic mass is 9.76. The second-order valence-electron chi connectivity index (χ2n) is 10.8. The van der Waals surface area contributed by atoms with Crippen LogP contribution in [0.3, 0.4) is 0 Å². The normalized spacial score (nSPS) is 13.1. The number of terminal acetylenes is 1. The standard InChI is InChI=1S/C38H32N2O/c1-4-29-20-21-31-25-35(23-22-30(31)24-29)38(41,28(2)3)36-26-40(27-39-36)37(32-14-8-5-9-15-32,33-16-10-6-11-17-33)34-18-12-7-13-19-34/h1,5-28,41H,2-3H3. The number of benzene rings is 5. The Hall–Kier alpha value is -4.91. The highest BCUT2D eigenvalue weighted by Crippen LogP contribution is 2.43. The van der Waals surface area contributed by atoms with Gasteiger partial charge in [0.2, 0.25) is 0 Å². The van der Waals surface area contributed by atoms with E-state index in [4.69, 9.17) is 11.4 Å². The van der Waals surface area contributed by atoms with Crippen LogP contribution in [-0.2, 0) is 11.1 Å². The summed E-state index contributed by atoms with van der Waals surface area (Å²) in [7, 11) is 0. The zero-order valence-corrected chi connectivity index (χ0v) is 23.3. The minimum atomic E-state index is -1.32. The largest absolute Gasteiger partial charge is 0.378 e. The van der Waals surface area contributed by atoms with Crippen LogP contribution in [0.1, 0.15) is 47.4 Å². The number of hydrogen-bond donors (Lipinski definition) is 1. The summed E-state index contributed by atoms with van der Waals surface area (Å²) in [6, 6.07) is 43.4. The molecular formula is C38H32N2O. The number of imidazole rings is 1. The van der Waals surface area contributed by atoms with E-state index in [1.54, 1.807) is 0 Å². The van der Waals surface area contributed by atoms with Crippen molar-refractivity contribution in [3.05, 3.63) is 173 Å². The third-order valence-electron chi connectivity index (χ3n) is 8.22. The van der Waals surface area contributed by atoms with Crippen LogP contribution in [-0.4, -0.2) is 14.7 Å². The van der Waals surface area contributed by atoms with Crippen molar-refractivity contribution in [1.29, 1.82) is 0 Å². The van der Waals surface area contributed by atoms with Crippen molar-refractivity contribution in [2.24, 2.45) is 5.92 Å². The first-order chi connectivity index (χ1) is 20.0.